The normalized spacial score (nSPS) is 10.8. The highest BCUT2D eigenvalue weighted by Crippen LogP contribution is 2.37. The fraction of sp³-hybridized carbons (Fsp3) is 0.417. The summed E-state index contributed by atoms with van der Waals surface area (Å²) in [4.78, 5) is 0. The summed E-state index contributed by atoms with van der Waals surface area (Å²) in [5, 5.41) is 8.66. The summed E-state index contributed by atoms with van der Waals surface area (Å²) in [6.45, 7) is 0. The molecule has 2 N–H and O–H groups in total. The molecular weight excluding hydrogens is 256 g/mol. The van der Waals surface area contributed by atoms with Crippen molar-refractivity contribution in [1.82, 2.24) is 0 Å². The first-order valence-corrected chi connectivity index (χ1v) is 5.10. The van der Waals surface area contributed by atoms with Crippen molar-refractivity contribution in [3.8, 4) is 23.3 Å². The minimum atomic E-state index is -0.408. The maximum absolute atomic E-state index is 8.66. The molecule has 1 aromatic carbocycles. The molecule has 0 aliphatic rings. The van der Waals surface area contributed by atoms with E-state index in [1.807, 2.05) is 6.07 Å². The van der Waals surface area contributed by atoms with E-state index in [2.05, 4.69) is 0 Å². The molecule has 0 spiro atoms. The lowest BCUT2D eigenvalue weighted by atomic mass is 10.0. The second-order valence-electron chi connectivity index (χ2n) is 3.42. The molecule has 18 heavy (non-hydrogen) atoms. The highest BCUT2D eigenvalue weighted by atomic mass is 35.5. The van der Waals surface area contributed by atoms with Crippen LogP contribution in [0.5, 0.6) is 17.2 Å². The van der Waals surface area contributed by atoms with Crippen molar-refractivity contribution >= 4 is 12.4 Å². The Morgan fingerprint density at radius 1 is 1.11 bits per heavy atom. The minimum Gasteiger partial charge on any atom is -0.496 e. The SMILES string of the molecule is COc1cc(OC)c([C@@H](N)CC#N)cc1OC.Cl. The van der Waals surface area contributed by atoms with Crippen LogP contribution < -0.4 is 19.9 Å². The van der Waals surface area contributed by atoms with E-state index in [4.69, 9.17) is 25.2 Å². The maximum Gasteiger partial charge on any atom is 0.164 e. The molecule has 0 unspecified atom stereocenters. The van der Waals surface area contributed by atoms with Gasteiger partial charge in [-0.05, 0) is 6.07 Å². The van der Waals surface area contributed by atoms with Gasteiger partial charge >= 0.3 is 0 Å². The third-order valence-electron chi connectivity index (χ3n) is 2.45. The molecule has 1 aromatic rings. The number of nitrogens with zero attached hydrogens (tertiary/aromatic N) is 1. The smallest absolute Gasteiger partial charge is 0.164 e. The van der Waals surface area contributed by atoms with E-state index < -0.39 is 6.04 Å². The summed E-state index contributed by atoms with van der Waals surface area (Å²) in [7, 11) is 4.64. The number of hydrogen-bond acceptors (Lipinski definition) is 5. The van der Waals surface area contributed by atoms with Crippen molar-refractivity contribution < 1.29 is 14.2 Å². The number of ether oxygens (including phenoxy) is 3. The molecule has 0 saturated carbocycles. The van der Waals surface area contributed by atoms with E-state index >= 15 is 0 Å². The zero-order valence-electron chi connectivity index (χ0n) is 10.6. The average Bonchev–Trinajstić information content (AvgIpc) is 2.37. The number of halogens is 1. The maximum atomic E-state index is 8.66. The monoisotopic (exact) mass is 272 g/mol. The highest BCUT2D eigenvalue weighted by Gasteiger charge is 2.16. The molecule has 0 saturated heterocycles. The summed E-state index contributed by atoms with van der Waals surface area (Å²) >= 11 is 0. The summed E-state index contributed by atoms with van der Waals surface area (Å²) < 4.78 is 15.6. The standard InChI is InChI=1S/C12H16N2O3.ClH/c1-15-10-7-12(17-3)11(16-2)6-8(10)9(14)4-5-13;/h6-7,9H,4,14H2,1-3H3;1H/t9-;/m0./s1. The van der Waals surface area contributed by atoms with Gasteiger partial charge in [0.05, 0.1) is 33.8 Å². The van der Waals surface area contributed by atoms with E-state index in [1.54, 1.807) is 33.5 Å². The van der Waals surface area contributed by atoms with Crippen molar-refractivity contribution in [3.05, 3.63) is 17.7 Å². The van der Waals surface area contributed by atoms with Crippen molar-refractivity contribution in [1.29, 1.82) is 5.26 Å². The Hall–Kier alpha value is -1.64. The fourth-order valence-electron chi connectivity index (χ4n) is 1.55. The predicted molar refractivity (Wildman–Crippen MR) is 70.5 cm³/mol. The number of nitriles is 1. The van der Waals surface area contributed by atoms with E-state index in [0.717, 1.165) is 5.56 Å². The van der Waals surface area contributed by atoms with E-state index in [-0.39, 0.29) is 18.8 Å². The zero-order valence-corrected chi connectivity index (χ0v) is 11.4. The van der Waals surface area contributed by atoms with Crippen molar-refractivity contribution in [2.24, 2.45) is 5.73 Å². The van der Waals surface area contributed by atoms with Crippen molar-refractivity contribution in [2.45, 2.75) is 12.5 Å². The summed E-state index contributed by atoms with van der Waals surface area (Å²) in [5.74, 6) is 1.72. The van der Waals surface area contributed by atoms with Crippen LogP contribution in [0.1, 0.15) is 18.0 Å². The van der Waals surface area contributed by atoms with Gasteiger partial charge < -0.3 is 19.9 Å². The molecule has 100 valence electrons. The lowest BCUT2D eigenvalue weighted by molar-refractivity contribution is 0.346. The minimum absolute atomic E-state index is 0. The Labute approximate surface area is 113 Å². The summed E-state index contributed by atoms with van der Waals surface area (Å²) in [5.41, 5.74) is 6.63. The van der Waals surface area contributed by atoms with Crippen molar-refractivity contribution in [2.75, 3.05) is 21.3 Å². The van der Waals surface area contributed by atoms with Gasteiger partial charge in [-0.3, -0.25) is 0 Å². The van der Waals surface area contributed by atoms with Gasteiger partial charge in [0.1, 0.15) is 5.75 Å². The number of benzene rings is 1. The molecule has 6 heteroatoms. The molecule has 0 fully saturated rings. The second-order valence-corrected chi connectivity index (χ2v) is 3.42. The molecule has 0 aromatic heterocycles. The molecule has 0 amide bonds. The highest BCUT2D eigenvalue weighted by molar-refractivity contribution is 5.85. The topological polar surface area (TPSA) is 77.5 Å². The number of methoxy groups -OCH3 is 3. The molecule has 1 atom stereocenters. The molecule has 5 nitrogen and oxygen atoms in total. The Kier molecular flexibility index (Phi) is 6.94. The number of hydrogen-bond donors (Lipinski definition) is 1. The Balaban J connectivity index is 0.00000289. The van der Waals surface area contributed by atoms with Crippen LogP contribution in [0, 0.1) is 11.3 Å². The molecule has 0 bridgehead atoms. The lowest BCUT2D eigenvalue weighted by Crippen LogP contribution is -2.11. The van der Waals surface area contributed by atoms with Gasteiger partial charge in [-0.1, -0.05) is 0 Å². The first-order chi connectivity index (χ1) is 8.17. The first kappa shape index (κ1) is 16.4. The van der Waals surface area contributed by atoms with Crippen LogP contribution in [-0.2, 0) is 0 Å². The van der Waals surface area contributed by atoms with E-state index in [9.17, 15) is 0 Å². The van der Waals surface area contributed by atoms with Gasteiger partial charge in [0.2, 0.25) is 0 Å². The van der Waals surface area contributed by atoms with Gasteiger partial charge in [-0.15, -0.1) is 12.4 Å². The zero-order chi connectivity index (χ0) is 12.8. The van der Waals surface area contributed by atoms with Crippen LogP contribution >= 0.6 is 12.4 Å². The van der Waals surface area contributed by atoms with Crippen molar-refractivity contribution in [3.63, 3.8) is 0 Å². The number of nitrogens with two attached hydrogens (primary N) is 1. The van der Waals surface area contributed by atoms with Gasteiger partial charge in [0.25, 0.3) is 0 Å². The van der Waals surface area contributed by atoms with Gasteiger partial charge in [0, 0.05) is 17.7 Å². The average molecular weight is 273 g/mol. The Morgan fingerprint density at radius 2 is 1.61 bits per heavy atom. The molecule has 0 aliphatic heterocycles. The van der Waals surface area contributed by atoms with Gasteiger partial charge in [-0.25, -0.2) is 0 Å². The first-order valence-electron chi connectivity index (χ1n) is 5.10. The second kappa shape index (κ2) is 7.64. The van der Waals surface area contributed by atoms with Crippen LogP contribution in [0.15, 0.2) is 12.1 Å². The van der Waals surface area contributed by atoms with Crippen LogP contribution in [0.4, 0.5) is 0 Å². The molecule has 1 rings (SSSR count). The fourth-order valence-corrected chi connectivity index (χ4v) is 1.55. The Bertz CT molecular complexity index is 432. The molecular formula is C12H17ClN2O3. The predicted octanol–water partition coefficient (Wildman–Crippen LogP) is 2.05. The summed E-state index contributed by atoms with van der Waals surface area (Å²) in [6.07, 6.45) is 0.214. The third kappa shape index (κ3) is 3.42. The molecule has 0 heterocycles. The summed E-state index contributed by atoms with van der Waals surface area (Å²) in [6, 6.07) is 5.06. The van der Waals surface area contributed by atoms with Crippen LogP contribution in [-0.4, -0.2) is 21.3 Å². The molecule has 0 aliphatic carbocycles. The van der Waals surface area contributed by atoms with Gasteiger partial charge in [-0.2, -0.15) is 5.26 Å². The lowest BCUT2D eigenvalue weighted by Gasteiger charge is -2.16. The van der Waals surface area contributed by atoms with E-state index in [0.29, 0.717) is 17.2 Å². The quantitative estimate of drug-likeness (QED) is 0.888. The van der Waals surface area contributed by atoms with Gasteiger partial charge in [0.15, 0.2) is 11.5 Å². The van der Waals surface area contributed by atoms with Crippen LogP contribution in [0.25, 0.3) is 0 Å². The largest absolute Gasteiger partial charge is 0.496 e. The number of rotatable bonds is 5. The molecule has 0 radical (unpaired) electrons. The van der Waals surface area contributed by atoms with Crippen LogP contribution in [0.2, 0.25) is 0 Å². The Morgan fingerprint density at radius 3 is 2.06 bits per heavy atom. The van der Waals surface area contributed by atoms with Crippen LogP contribution in [0.3, 0.4) is 0 Å². The third-order valence-corrected chi connectivity index (χ3v) is 2.45. The van der Waals surface area contributed by atoms with E-state index in [1.165, 1.54) is 0 Å².